The average Bonchev–Trinajstić information content (AvgIpc) is 3.44. The smallest absolute Gasteiger partial charge is 0.134 e. The molecule has 0 radical (unpaired) electrons. The van der Waals surface area contributed by atoms with E-state index >= 15 is 0 Å². The maximum Gasteiger partial charge on any atom is 0.134 e. The summed E-state index contributed by atoms with van der Waals surface area (Å²) < 4.78 is 6.26. The number of hydrogen-bond acceptors (Lipinski definition) is 1. The molecule has 1 aliphatic carbocycles. The van der Waals surface area contributed by atoms with Gasteiger partial charge in [-0.25, -0.2) is 0 Å². The van der Waals surface area contributed by atoms with Gasteiger partial charge in [0.2, 0.25) is 0 Å². The molecular formula is C43H30O. The average molecular weight is 563 g/mol. The maximum absolute atomic E-state index is 6.26. The lowest BCUT2D eigenvalue weighted by Gasteiger charge is -2.19. The standard InChI is InChI=1S/C43H30O/c1-27-20-22-33-39-26-30(21-23-40(39)44-41(33)24-27)29-12-8-13-31(25-29)42-35-15-4-6-17-37(35)43(38-18-7-5-16-36(38)42)34-19-9-11-28-10-2-3-14-32(28)34/h2-23,25-27H,24H2,1H3. The lowest BCUT2D eigenvalue weighted by Crippen LogP contribution is -2.00. The third kappa shape index (κ3) is 3.86. The molecule has 1 aromatic heterocycles. The quantitative estimate of drug-likeness (QED) is 0.195. The van der Waals surface area contributed by atoms with Gasteiger partial charge in [0, 0.05) is 17.4 Å². The molecule has 0 aliphatic heterocycles. The normalized spacial score (nSPS) is 14.5. The zero-order valence-electron chi connectivity index (χ0n) is 24.5. The highest BCUT2D eigenvalue weighted by atomic mass is 16.3. The third-order valence-corrected chi connectivity index (χ3v) is 9.38. The summed E-state index contributed by atoms with van der Waals surface area (Å²) in [5, 5.41) is 8.82. The summed E-state index contributed by atoms with van der Waals surface area (Å²) in [5.74, 6) is 1.61. The molecule has 0 saturated heterocycles. The molecule has 8 aromatic rings. The van der Waals surface area contributed by atoms with E-state index in [1.54, 1.807) is 0 Å². The second-order valence-electron chi connectivity index (χ2n) is 12.1. The van der Waals surface area contributed by atoms with Crippen LogP contribution in [0.15, 0.2) is 144 Å². The van der Waals surface area contributed by atoms with Gasteiger partial charge in [0.15, 0.2) is 0 Å². The van der Waals surface area contributed by atoms with E-state index in [1.165, 1.54) is 76.6 Å². The van der Waals surface area contributed by atoms with E-state index in [2.05, 4.69) is 153 Å². The van der Waals surface area contributed by atoms with E-state index in [-0.39, 0.29) is 0 Å². The summed E-state index contributed by atoms with van der Waals surface area (Å²) in [6.45, 7) is 2.24. The van der Waals surface area contributed by atoms with Crippen LogP contribution in [0.5, 0.6) is 0 Å². The van der Waals surface area contributed by atoms with Crippen molar-refractivity contribution in [2.75, 3.05) is 0 Å². The van der Waals surface area contributed by atoms with E-state index in [1.807, 2.05) is 0 Å². The summed E-state index contributed by atoms with van der Waals surface area (Å²) in [5.41, 5.74) is 9.69. The second kappa shape index (κ2) is 9.82. The Hall–Kier alpha value is -5.40. The van der Waals surface area contributed by atoms with Crippen molar-refractivity contribution in [1.29, 1.82) is 0 Å². The van der Waals surface area contributed by atoms with Crippen LogP contribution in [0.1, 0.15) is 18.2 Å². The van der Waals surface area contributed by atoms with E-state index in [9.17, 15) is 0 Å². The fourth-order valence-electron chi connectivity index (χ4n) is 7.33. The number of rotatable bonds is 3. The van der Waals surface area contributed by atoms with Crippen LogP contribution in [0.2, 0.25) is 0 Å². The molecule has 0 saturated carbocycles. The molecular weight excluding hydrogens is 532 g/mol. The predicted octanol–water partition coefficient (Wildman–Crippen LogP) is 12.1. The Morgan fingerprint density at radius 3 is 1.91 bits per heavy atom. The van der Waals surface area contributed by atoms with Crippen molar-refractivity contribution in [2.24, 2.45) is 5.92 Å². The van der Waals surface area contributed by atoms with Crippen molar-refractivity contribution >= 4 is 49.4 Å². The number of allylic oxidation sites excluding steroid dienone is 1. The van der Waals surface area contributed by atoms with Crippen molar-refractivity contribution in [3.8, 4) is 33.4 Å². The second-order valence-corrected chi connectivity index (χ2v) is 12.1. The molecule has 0 N–H and O–H groups in total. The summed E-state index contributed by atoms with van der Waals surface area (Å²) in [7, 11) is 0. The SMILES string of the molecule is CC1C=Cc2c(oc3ccc(-c4cccc(-c5c6ccccc6c(-c6cccc7ccccc67)c6ccccc56)c4)cc23)C1. The number of hydrogen-bond donors (Lipinski definition) is 0. The highest BCUT2D eigenvalue weighted by Gasteiger charge is 2.20. The Labute approximate surface area is 256 Å². The van der Waals surface area contributed by atoms with Crippen molar-refractivity contribution in [2.45, 2.75) is 13.3 Å². The Kier molecular flexibility index (Phi) is 5.61. The molecule has 0 fully saturated rings. The van der Waals surface area contributed by atoms with Gasteiger partial charge in [-0.2, -0.15) is 0 Å². The topological polar surface area (TPSA) is 13.1 Å². The molecule has 1 unspecified atom stereocenters. The Bertz CT molecular complexity index is 2370. The van der Waals surface area contributed by atoms with Gasteiger partial charge in [-0.05, 0) is 89.8 Å². The van der Waals surface area contributed by atoms with Gasteiger partial charge in [-0.1, -0.05) is 134 Å². The fraction of sp³-hybridized carbons (Fsp3) is 0.0698. The first-order valence-corrected chi connectivity index (χ1v) is 15.5. The van der Waals surface area contributed by atoms with Gasteiger partial charge in [0.1, 0.15) is 11.3 Å². The number of benzene rings is 7. The minimum Gasteiger partial charge on any atom is -0.460 e. The molecule has 9 rings (SSSR count). The molecule has 1 heteroatoms. The van der Waals surface area contributed by atoms with Crippen LogP contribution >= 0.6 is 0 Å². The molecule has 44 heavy (non-hydrogen) atoms. The predicted molar refractivity (Wildman–Crippen MR) is 187 cm³/mol. The van der Waals surface area contributed by atoms with Gasteiger partial charge >= 0.3 is 0 Å². The molecule has 0 spiro atoms. The Balaban J connectivity index is 1.28. The van der Waals surface area contributed by atoms with Gasteiger partial charge in [0.25, 0.3) is 0 Å². The summed E-state index contributed by atoms with van der Waals surface area (Å²) in [4.78, 5) is 0. The third-order valence-electron chi connectivity index (χ3n) is 9.38. The first kappa shape index (κ1) is 25.1. The minimum absolute atomic E-state index is 0.510. The highest BCUT2D eigenvalue weighted by molar-refractivity contribution is 6.23. The van der Waals surface area contributed by atoms with Crippen LogP contribution in [-0.4, -0.2) is 0 Å². The summed E-state index contributed by atoms with van der Waals surface area (Å²) >= 11 is 0. The van der Waals surface area contributed by atoms with Crippen molar-refractivity contribution in [3.63, 3.8) is 0 Å². The van der Waals surface area contributed by atoms with Gasteiger partial charge in [-0.3, -0.25) is 0 Å². The lowest BCUT2D eigenvalue weighted by atomic mass is 9.84. The molecule has 1 nitrogen and oxygen atoms in total. The largest absolute Gasteiger partial charge is 0.460 e. The monoisotopic (exact) mass is 562 g/mol. The van der Waals surface area contributed by atoms with Crippen LogP contribution < -0.4 is 0 Å². The minimum atomic E-state index is 0.510. The first-order chi connectivity index (χ1) is 21.7. The molecule has 208 valence electrons. The van der Waals surface area contributed by atoms with E-state index in [4.69, 9.17) is 4.42 Å². The highest BCUT2D eigenvalue weighted by Crippen LogP contribution is 2.46. The van der Waals surface area contributed by atoms with Crippen LogP contribution in [0.3, 0.4) is 0 Å². The van der Waals surface area contributed by atoms with Crippen LogP contribution in [-0.2, 0) is 6.42 Å². The number of fused-ring (bicyclic) bond motifs is 6. The van der Waals surface area contributed by atoms with Gasteiger partial charge in [-0.15, -0.1) is 0 Å². The summed E-state index contributed by atoms with van der Waals surface area (Å²) in [6.07, 6.45) is 5.49. The van der Waals surface area contributed by atoms with Gasteiger partial charge < -0.3 is 4.42 Å². The van der Waals surface area contributed by atoms with Crippen molar-refractivity contribution < 1.29 is 4.42 Å². The maximum atomic E-state index is 6.26. The molecule has 1 atom stereocenters. The van der Waals surface area contributed by atoms with Gasteiger partial charge in [0.05, 0.1) is 0 Å². The van der Waals surface area contributed by atoms with Crippen LogP contribution in [0.25, 0.3) is 82.7 Å². The molecule has 7 aromatic carbocycles. The lowest BCUT2D eigenvalue weighted by molar-refractivity contribution is 0.513. The van der Waals surface area contributed by atoms with E-state index in [0.717, 1.165) is 17.8 Å². The zero-order chi connectivity index (χ0) is 29.2. The molecule has 1 aliphatic rings. The van der Waals surface area contributed by atoms with Crippen molar-refractivity contribution in [3.05, 3.63) is 151 Å². The Morgan fingerprint density at radius 2 is 1.14 bits per heavy atom. The molecule has 0 amide bonds. The van der Waals surface area contributed by atoms with Crippen LogP contribution in [0, 0.1) is 5.92 Å². The molecule has 1 heterocycles. The fourth-order valence-corrected chi connectivity index (χ4v) is 7.33. The zero-order valence-corrected chi connectivity index (χ0v) is 24.5. The Morgan fingerprint density at radius 1 is 0.523 bits per heavy atom. The van der Waals surface area contributed by atoms with E-state index < -0.39 is 0 Å². The van der Waals surface area contributed by atoms with Crippen molar-refractivity contribution in [1.82, 2.24) is 0 Å². The molecule has 0 bridgehead atoms. The first-order valence-electron chi connectivity index (χ1n) is 15.5. The van der Waals surface area contributed by atoms with Crippen LogP contribution in [0.4, 0.5) is 0 Å². The van der Waals surface area contributed by atoms with E-state index in [0.29, 0.717) is 5.92 Å². The number of furan rings is 1. The summed E-state index contributed by atoms with van der Waals surface area (Å²) in [6, 6.07) is 48.9.